The van der Waals surface area contributed by atoms with Gasteiger partial charge in [0, 0.05) is 11.6 Å². The van der Waals surface area contributed by atoms with Gasteiger partial charge in [0.2, 0.25) is 0 Å². The molecule has 0 amide bonds. The largest absolute Gasteiger partial charge is 0.322 e. The fourth-order valence-electron chi connectivity index (χ4n) is 4.20. The minimum absolute atomic E-state index is 0.0516. The molecule has 21 heavy (non-hydrogen) atoms. The first-order valence-corrected chi connectivity index (χ1v) is 8.85. The third kappa shape index (κ3) is 2.84. The van der Waals surface area contributed by atoms with Crippen LogP contribution in [0.3, 0.4) is 0 Å². The molecule has 1 atom stereocenters. The number of nitrogens with zero attached hydrogens (tertiary/aromatic N) is 1. The van der Waals surface area contributed by atoms with E-state index in [1.54, 1.807) is 0 Å². The smallest absolute Gasteiger partial charge is 0.0640 e. The topological polar surface area (TPSA) is 29.3 Å². The fourth-order valence-corrected chi connectivity index (χ4v) is 4.63. The van der Waals surface area contributed by atoms with Crippen molar-refractivity contribution in [2.75, 3.05) is 13.1 Å². The van der Waals surface area contributed by atoms with Gasteiger partial charge in [0.25, 0.3) is 0 Å². The van der Waals surface area contributed by atoms with Crippen LogP contribution in [0.15, 0.2) is 18.2 Å². The molecule has 1 aliphatic heterocycles. The second-order valence-electron chi connectivity index (χ2n) is 6.48. The molecule has 0 radical (unpaired) electrons. The standard InChI is InChI=1S/C17H24Cl2N2/c18-14-8-6-7-13(15(14)19)16(20)17(9-2-3-10-17)21-11-4-1-5-12-21/h6-8,16H,1-5,9-12,20H2. The maximum atomic E-state index is 6.75. The highest BCUT2D eigenvalue weighted by Gasteiger charge is 2.45. The van der Waals surface area contributed by atoms with Crippen molar-refractivity contribution in [3.8, 4) is 0 Å². The van der Waals surface area contributed by atoms with Crippen LogP contribution in [-0.2, 0) is 0 Å². The fraction of sp³-hybridized carbons (Fsp3) is 0.647. The van der Waals surface area contributed by atoms with E-state index in [0.717, 1.165) is 5.56 Å². The second kappa shape index (κ2) is 6.45. The Bertz CT molecular complexity index is 492. The first-order chi connectivity index (χ1) is 10.1. The van der Waals surface area contributed by atoms with Crippen LogP contribution in [0.4, 0.5) is 0 Å². The molecule has 2 N–H and O–H groups in total. The Morgan fingerprint density at radius 2 is 1.67 bits per heavy atom. The monoisotopic (exact) mass is 326 g/mol. The van der Waals surface area contributed by atoms with Crippen LogP contribution in [0.2, 0.25) is 10.0 Å². The van der Waals surface area contributed by atoms with Crippen molar-refractivity contribution in [3.05, 3.63) is 33.8 Å². The van der Waals surface area contributed by atoms with Crippen LogP contribution < -0.4 is 5.73 Å². The molecule has 1 aliphatic carbocycles. The maximum Gasteiger partial charge on any atom is 0.0640 e. The van der Waals surface area contributed by atoms with Gasteiger partial charge < -0.3 is 5.73 Å². The lowest BCUT2D eigenvalue weighted by Gasteiger charge is -2.47. The number of rotatable bonds is 3. The molecule has 1 heterocycles. The number of halogens is 2. The Morgan fingerprint density at radius 3 is 2.33 bits per heavy atom. The van der Waals surface area contributed by atoms with E-state index in [4.69, 9.17) is 28.9 Å². The van der Waals surface area contributed by atoms with Crippen LogP contribution in [0.1, 0.15) is 56.6 Å². The molecule has 1 saturated carbocycles. The van der Waals surface area contributed by atoms with Gasteiger partial charge >= 0.3 is 0 Å². The van der Waals surface area contributed by atoms with E-state index in [9.17, 15) is 0 Å². The molecule has 2 fully saturated rings. The molecule has 0 bridgehead atoms. The SMILES string of the molecule is NC(c1cccc(Cl)c1Cl)C1(N2CCCCC2)CCCC1. The van der Waals surface area contributed by atoms with Crippen molar-refractivity contribution in [3.63, 3.8) is 0 Å². The van der Waals surface area contributed by atoms with Gasteiger partial charge in [-0.05, 0) is 50.4 Å². The predicted molar refractivity (Wildman–Crippen MR) is 90.0 cm³/mol. The zero-order valence-electron chi connectivity index (χ0n) is 12.5. The average Bonchev–Trinajstić information content (AvgIpc) is 3.01. The Hall–Kier alpha value is -0.280. The Labute approximate surface area is 137 Å². The lowest BCUT2D eigenvalue weighted by Crippen LogP contribution is -2.55. The Morgan fingerprint density at radius 1 is 1.00 bits per heavy atom. The molecule has 0 aromatic heterocycles. The molecule has 1 aromatic carbocycles. The van der Waals surface area contributed by atoms with Crippen LogP contribution >= 0.6 is 23.2 Å². The molecule has 1 unspecified atom stereocenters. The van der Waals surface area contributed by atoms with Crippen LogP contribution in [0.25, 0.3) is 0 Å². The number of nitrogens with two attached hydrogens (primary N) is 1. The van der Waals surface area contributed by atoms with Crippen molar-refractivity contribution < 1.29 is 0 Å². The highest BCUT2D eigenvalue weighted by atomic mass is 35.5. The van der Waals surface area contributed by atoms with E-state index in [1.807, 2.05) is 18.2 Å². The summed E-state index contributed by atoms with van der Waals surface area (Å²) in [4.78, 5) is 2.64. The number of likely N-dealkylation sites (tertiary alicyclic amines) is 1. The van der Waals surface area contributed by atoms with Crippen molar-refractivity contribution in [1.82, 2.24) is 4.90 Å². The quantitative estimate of drug-likeness (QED) is 0.865. The van der Waals surface area contributed by atoms with Gasteiger partial charge in [-0.15, -0.1) is 0 Å². The lowest BCUT2D eigenvalue weighted by molar-refractivity contribution is 0.0478. The molecule has 116 valence electrons. The first-order valence-electron chi connectivity index (χ1n) is 8.10. The summed E-state index contributed by atoms with van der Waals surface area (Å²) < 4.78 is 0. The van der Waals surface area contributed by atoms with Gasteiger partial charge in [-0.1, -0.05) is 54.6 Å². The Kier molecular flexibility index (Phi) is 4.80. The summed E-state index contributed by atoms with van der Waals surface area (Å²) in [6.07, 6.45) is 8.81. The van der Waals surface area contributed by atoms with Crippen molar-refractivity contribution >= 4 is 23.2 Å². The van der Waals surface area contributed by atoms with Gasteiger partial charge in [0.05, 0.1) is 10.0 Å². The minimum atomic E-state index is -0.0516. The Balaban J connectivity index is 1.94. The summed E-state index contributed by atoms with van der Waals surface area (Å²) in [5.74, 6) is 0. The molecule has 2 aliphatic rings. The molecule has 0 spiro atoms. The normalized spacial score (nSPS) is 24.1. The van der Waals surface area contributed by atoms with Gasteiger partial charge in [-0.2, -0.15) is 0 Å². The number of hydrogen-bond acceptors (Lipinski definition) is 2. The molecule has 1 aromatic rings. The zero-order valence-corrected chi connectivity index (χ0v) is 14.0. The molecule has 1 saturated heterocycles. The average molecular weight is 327 g/mol. The van der Waals surface area contributed by atoms with E-state index >= 15 is 0 Å². The summed E-state index contributed by atoms with van der Waals surface area (Å²) >= 11 is 12.6. The molecular weight excluding hydrogens is 303 g/mol. The van der Waals surface area contributed by atoms with Crippen molar-refractivity contribution in [2.45, 2.75) is 56.5 Å². The highest BCUT2D eigenvalue weighted by Crippen LogP contribution is 2.46. The lowest BCUT2D eigenvalue weighted by atomic mass is 9.81. The molecule has 3 rings (SSSR count). The van der Waals surface area contributed by atoms with Crippen molar-refractivity contribution in [1.29, 1.82) is 0 Å². The summed E-state index contributed by atoms with van der Waals surface area (Å²) in [6.45, 7) is 2.35. The third-order valence-electron chi connectivity index (χ3n) is 5.35. The minimum Gasteiger partial charge on any atom is -0.322 e. The summed E-state index contributed by atoms with van der Waals surface area (Å²) in [7, 11) is 0. The maximum absolute atomic E-state index is 6.75. The summed E-state index contributed by atoms with van der Waals surface area (Å²) in [6, 6.07) is 5.79. The van der Waals surface area contributed by atoms with Gasteiger partial charge in [-0.25, -0.2) is 0 Å². The van der Waals surface area contributed by atoms with Gasteiger partial charge in [0.15, 0.2) is 0 Å². The number of piperidine rings is 1. The molecule has 2 nitrogen and oxygen atoms in total. The zero-order chi connectivity index (χ0) is 14.9. The number of hydrogen-bond donors (Lipinski definition) is 1. The highest BCUT2D eigenvalue weighted by molar-refractivity contribution is 6.42. The second-order valence-corrected chi connectivity index (χ2v) is 7.26. The summed E-state index contributed by atoms with van der Waals surface area (Å²) in [5.41, 5.74) is 7.84. The van der Waals surface area contributed by atoms with E-state index in [0.29, 0.717) is 10.0 Å². The predicted octanol–water partition coefficient (Wildman–Crippen LogP) is 4.79. The van der Waals surface area contributed by atoms with Crippen LogP contribution in [0, 0.1) is 0 Å². The van der Waals surface area contributed by atoms with E-state index in [1.165, 1.54) is 58.0 Å². The van der Waals surface area contributed by atoms with E-state index < -0.39 is 0 Å². The summed E-state index contributed by atoms with van der Waals surface area (Å²) in [5, 5.41) is 1.24. The van der Waals surface area contributed by atoms with Crippen LogP contribution in [-0.4, -0.2) is 23.5 Å². The first kappa shape index (κ1) is 15.6. The van der Waals surface area contributed by atoms with E-state index in [2.05, 4.69) is 4.90 Å². The molecular formula is C17H24Cl2N2. The third-order valence-corrected chi connectivity index (χ3v) is 6.18. The van der Waals surface area contributed by atoms with Crippen LogP contribution in [0.5, 0.6) is 0 Å². The van der Waals surface area contributed by atoms with Crippen molar-refractivity contribution in [2.24, 2.45) is 5.73 Å². The van der Waals surface area contributed by atoms with Gasteiger partial charge in [0.1, 0.15) is 0 Å². The van der Waals surface area contributed by atoms with Gasteiger partial charge in [-0.3, -0.25) is 4.90 Å². The molecule has 4 heteroatoms. The van der Waals surface area contributed by atoms with E-state index in [-0.39, 0.29) is 11.6 Å². The number of benzene rings is 1.